The molecule has 27 heavy (non-hydrogen) atoms. The van der Waals surface area contributed by atoms with Crippen molar-refractivity contribution in [2.24, 2.45) is 0 Å². The van der Waals surface area contributed by atoms with E-state index in [0.29, 0.717) is 29.2 Å². The smallest absolute Gasteiger partial charge is 0.339 e. The molecule has 2 aromatic carbocycles. The van der Waals surface area contributed by atoms with Crippen LogP contribution in [0.2, 0.25) is 0 Å². The van der Waals surface area contributed by atoms with Gasteiger partial charge in [0.05, 0.1) is 10.5 Å². The van der Waals surface area contributed by atoms with Crippen LogP contribution in [0.1, 0.15) is 46.8 Å². The number of esters is 1. The molecule has 1 aliphatic heterocycles. The van der Waals surface area contributed by atoms with Gasteiger partial charge in [-0.2, -0.15) is 0 Å². The van der Waals surface area contributed by atoms with E-state index in [4.69, 9.17) is 4.74 Å². The summed E-state index contributed by atoms with van der Waals surface area (Å²) in [6.45, 7) is 5.79. The molecule has 0 bridgehead atoms. The number of benzene rings is 2. The van der Waals surface area contributed by atoms with Gasteiger partial charge in [0.25, 0.3) is 11.6 Å². The molecule has 3 rings (SSSR count). The molecule has 0 fully saturated rings. The Kier molecular flexibility index (Phi) is 4.94. The van der Waals surface area contributed by atoms with Crippen LogP contribution >= 0.6 is 0 Å². The maximum absolute atomic E-state index is 12.6. The van der Waals surface area contributed by atoms with E-state index in [1.54, 1.807) is 13.0 Å². The van der Waals surface area contributed by atoms with Crippen molar-refractivity contribution in [3.05, 3.63) is 68.8 Å². The van der Waals surface area contributed by atoms with Gasteiger partial charge in [0.1, 0.15) is 0 Å². The van der Waals surface area contributed by atoms with E-state index in [1.807, 2.05) is 12.1 Å². The number of nitro benzene ring substituents is 1. The minimum atomic E-state index is -0.943. The summed E-state index contributed by atoms with van der Waals surface area (Å²) in [6.07, 6.45) is -0.651. The van der Waals surface area contributed by atoms with Crippen LogP contribution in [0, 0.1) is 17.0 Å². The van der Waals surface area contributed by atoms with Gasteiger partial charge < -0.3 is 10.1 Å². The van der Waals surface area contributed by atoms with E-state index in [0.717, 1.165) is 11.1 Å². The van der Waals surface area contributed by atoms with Crippen LogP contribution in [0.3, 0.4) is 0 Å². The zero-order chi connectivity index (χ0) is 19.7. The second-order valence-electron chi connectivity index (χ2n) is 6.91. The van der Waals surface area contributed by atoms with Gasteiger partial charge in [-0.1, -0.05) is 26.0 Å². The normalized spacial score (nSPS) is 15.9. The highest BCUT2D eigenvalue weighted by Crippen LogP contribution is 2.27. The van der Waals surface area contributed by atoms with Gasteiger partial charge >= 0.3 is 5.97 Å². The third-order valence-corrected chi connectivity index (χ3v) is 4.64. The largest absolute Gasteiger partial charge is 0.448 e. The molecule has 1 aliphatic rings. The van der Waals surface area contributed by atoms with Crippen molar-refractivity contribution in [2.75, 3.05) is 5.32 Å². The Balaban J connectivity index is 1.79. The van der Waals surface area contributed by atoms with Gasteiger partial charge in [-0.15, -0.1) is 0 Å². The fourth-order valence-corrected chi connectivity index (χ4v) is 3.04. The number of ether oxygens (including phenoxy) is 1. The van der Waals surface area contributed by atoms with E-state index >= 15 is 0 Å². The second-order valence-corrected chi connectivity index (χ2v) is 6.91. The molecule has 1 amide bonds. The third kappa shape index (κ3) is 3.81. The van der Waals surface area contributed by atoms with Crippen molar-refractivity contribution in [2.45, 2.75) is 39.2 Å². The van der Waals surface area contributed by atoms with Crippen molar-refractivity contribution >= 4 is 23.3 Å². The summed E-state index contributed by atoms with van der Waals surface area (Å²) in [5.41, 5.74) is 3.32. The number of rotatable bonds is 4. The average molecular weight is 368 g/mol. The fraction of sp³-hybridized carbons (Fsp3) is 0.300. The lowest BCUT2D eigenvalue weighted by Crippen LogP contribution is -2.38. The van der Waals surface area contributed by atoms with E-state index in [1.165, 1.54) is 18.2 Å². The number of amides is 1. The standard InChI is InChI=1S/C20H20N2O5/c1-11(2)13-4-6-16-14(9-13)10-18(27-20(16)24)19(23)21-17-7-5-15(22(25)26)8-12(17)3/h4-9,11,18H,10H2,1-3H3,(H,21,23). The molecular formula is C20H20N2O5. The minimum Gasteiger partial charge on any atom is -0.448 e. The summed E-state index contributed by atoms with van der Waals surface area (Å²) >= 11 is 0. The molecule has 7 nitrogen and oxygen atoms in total. The number of carbonyl (C=O) groups excluding carboxylic acids is 2. The number of cyclic esters (lactones) is 1. The average Bonchev–Trinajstić information content (AvgIpc) is 2.62. The third-order valence-electron chi connectivity index (χ3n) is 4.64. The molecule has 0 saturated heterocycles. The van der Waals surface area contributed by atoms with Crippen molar-refractivity contribution in [3.63, 3.8) is 0 Å². The number of nitrogens with one attached hydrogen (secondary N) is 1. The first-order chi connectivity index (χ1) is 12.8. The van der Waals surface area contributed by atoms with Crippen LogP contribution in [0.4, 0.5) is 11.4 Å². The van der Waals surface area contributed by atoms with Crippen LogP contribution in [0.15, 0.2) is 36.4 Å². The number of hydrogen-bond acceptors (Lipinski definition) is 5. The number of nitrogens with zero attached hydrogens (tertiary/aromatic N) is 1. The van der Waals surface area contributed by atoms with Gasteiger partial charge in [0.15, 0.2) is 6.10 Å². The first-order valence-electron chi connectivity index (χ1n) is 8.66. The summed E-state index contributed by atoms with van der Waals surface area (Å²) in [5, 5.41) is 13.5. The maximum Gasteiger partial charge on any atom is 0.339 e. The molecule has 0 aromatic heterocycles. The number of aryl methyl sites for hydroxylation is 1. The number of anilines is 1. The Morgan fingerprint density at radius 1 is 1.26 bits per heavy atom. The van der Waals surface area contributed by atoms with Crippen molar-refractivity contribution < 1.29 is 19.2 Å². The van der Waals surface area contributed by atoms with Gasteiger partial charge in [0.2, 0.25) is 0 Å². The topological polar surface area (TPSA) is 98.5 Å². The summed E-state index contributed by atoms with van der Waals surface area (Å²) in [5.74, 6) is -0.670. The van der Waals surface area contributed by atoms with Crippen molar-refractivity contribution in [1.29, 1.82) is 0 Å². The number of nitro groups is 1. The van der Waals surface area contributed by atoms with Crippen molar-refractivity contribution in [3.8, 4) is 0 Å². The molecule has 2 aromatic rings. The summed E-state index contributed by atoms with van der Waals surface area (Å²) in [7, 11) is 0. The van der Waals surface area contributed by atoms with E-state index in [2.05, 4.69) is 19.2 Å². The molecule has 0 saturated carbocycles. The number of hydrogen-bond donors (Lipinski definition) is 1. The van der Waals surface area contributed by atoms with Gasteiger partial charge in [0, 0.05) is 24.2 Å². The molecule has 1 heterocycles. The predicted octanol–water partition coefficient (Wildman–Crippen LogP) is 3.75. The highest BCUT2D eigenvalue weighted by molar-refractivity contribution is 6.00. The summed E-state index contributed by atoms with van der Waals surface area (Å²) in [6, 6.07) is 9.75. The molecule has 1 atom stereocenters. The Bertz CT molecular complexity index is 936. The lowest BCUT2D eigenvalue weighted by atomic mass is 9.92. The highest BCUT2D eigenvalue weighted by Gasteiger charge is 2.32. The Morgan fingerprint density at radius 2 is 2.00 bits per heavy atom. The summed E-state index contributed by atoms with van der Waals surface area (Å²) in [4.78, 5) is 35.2. The summed E-state index contributed by atoms with van der Waals surface area (Å²) < 4.78 is 5.29. The zero-order valence-electron chi connectivity index (χ0n) is 15.3. The van der Waals surface area contributed by atoms with E-state index < -0.39 is 22.9 Å². The molecule has 0 radical (unpaired) electrons. The molecule has 1 N–H and O–H groups in total. The van der Waals surface area contributed by atoms with Crippen molar-refractivity contribution in [1.82, 2.24) is 0 Å². The monoisotopic (exact) mass is 368 g/mol. The van der Waals surface area contributed by atoms with Gasteiger partial charge in [-0.25, -0.2) is 4.79 Å². The molecule has 0 aliphatic carbocycles. The Morgan fingerprint density at radius 3 is 2.63 bits per heavy atom. The van der Waals surface area contributed by atoms with E-state index in [9.17, 15) is 19.7 Å². The van der Waals surface area contributed by atoms with Crippen LogP contribution in [0.5, 0.6) is 0 Å². The fourth-order valence-electron chi connectivity index (χ4n) is 3.04. The Hall–Kier alpha value is -3.22. The molecule has 1 unspecified atom stereocenters. The number of carbonyl (C=O) groups is 2. The van der Waals surface area contributed by atoms with Gasteiger partial charge in [-0.05, 0) is 41.7 Å². The maximum atomic E-state index is 12.6. The Labute approximate surface area is 156 Å². The molecular weight excluding hydrogens is 348 g/mol. The van der Waals surface area contributed by atoms with Crippen LogP contribution < -0.4 is 5.32 Å². The lowest BCUT2D eigenvalue weighted by molar-refractivity contribution is -0.384. The SMILES string of the molecule is Cc1cc([N+](=O)[O-])ccc1NC(=O)C1Cc2cc(C(C)C)ccc2C(=O)O1. The molecule has 7 heteroatoms. The lowest BCUT2D eigenvalue weighted by Gasteiger charge is -2.25. The minimum absolute atomic E-state index is 0.0512. The zero-order valence-corrected chi connectivity index (χ0v) is 15.3. The quantitative estimate of drug-likeness (QED) is 0.503. The van der Waals surface area contributed by atoms with E-state index in [-0.39, 0.29) is 5.69 Å². The van der Waals surface area contributed by atoms with Crippen LogP contribution in [-0.2, 0) is 16.0 Å². The number of non-ortho nitro benzene ring substituents is 1. The first-order valence-corrected chi connectivity index (χ1v) is 8.66. The second kappa shape index (κ2) is 7.19. The molecule has 0 spiro atoms. The first kappa shape index (κ1) is 18.6. The van der Waals surface area contributed by atoms with Crippen LogP contribution in [-0.4, -0.2) is 22.9 Å². The highest BCUT2D eigenvalue weighted by atomic mass is 16.6. The van der Waals surface area contributed by atoms with Gasteiger partial charge in [-0.3, -0.25) is 14.9 Å². The molecule has 140 valence electrons. The van der Waals surface area contributed by atoms with Crippen LogP contribution in [0.25, 0.3) is 0 Å². The number of fused-ring (bicyclic) bond motifs is 1. The predicted molar refractivity (Wildman–Crippen MR) is 99.9 cm³/mol.